The highest BCUT2D eigenvalue weighted by Crippen LogP contribution is 2.33. The number of halogens is 3. The molecule has 150 valence electrons. The van der Waals surface area contributed by atoms with Crippen LogP contribution in [0.5, 0.6) is 0 Å². The molecule has 0 saturated heterocycles. The minimum Gasteiger partial charge on any atom is -0.368 e. The van der Waals surface area contributed by atoms with E-state index in [1.807, 2.05) is 20.8 Å². The molecule has 0 amide bonds. The molecule has 8 nitrogen and oxygen atoms in total. The van der Waals surface area contributed by atoms with E-state index in [0.717, 1.165) is 6.07 Å². The Bertz CT molecular complexity index is 1030. The summed E-state index contributed by atoms with van der Waals surface area (Å²) in [6.07, 6.45) is -1.75. The molecule has 0 aliphatic carbocycles. The number of hydrogen-bond acceptors (Lipinski definition) is 6. The van der Waals surface area contributed by atoms with Gasteiger partial charge in [0.15, 0.2) is 5.65 Å². The molecule has 3 heterocycles. The van der Waals surface area contributed by atoms with Gasteiger partial charge in [0.25, 0.3) is 5.56 Å². The minimum absolute atomic E-state index is 0.139. The lowest BCUT2D eigenvalue weighted by Gasteiger charge is -2.19. The summed E-state index contributed by atoms with van der Waals surface area (Å²) < 4.78 is 40.5. The number of rotatable bonds is 5. The van der Waals surface area contributed by atoms with E-state index in [0.29, 0.717) is 11.0 Å². The first kappa shape index (κ1) is 19.6. The molecule has 11 heteroatoms. The Morgan fingerprint density at radius 1 is 1.18 bits per heavy atom. The largest absolute Gasteiger partial charge is 0.419 e. The van der Waals surface area contributed by atoms with E-state index in [4.69, 9.17) is 0 Å². The predicted molar refractivity (Wildman–Crippen MR) is 99.4 cm³/mol. The summed E-state index contributed by atoms with van der Waals surface area (Å²) in [5, 5.41) is 10.1. The van der Waals surface area contributed by atoms with Gasteiger partial charge in [0.1, 0.15) is 11.2 Å². The van der Waals surface area contributed by atoms with E-state index < -0.39 is 11.7 Å². The molecule has 28 heavy (non-hydrogen) atoms. The van der Waals surface area contributed by atoms with E-state index in [1.165, 1.54) is 18.5 Å². The first-order valence-corrected chi connectivity index (χ1v) is 8.56. The molecule has 3 rings (SSSR count). The third-order valence-electron chi connectivity index (χ3n) is 3.90. The summed E-state index contributed by atoms with van der Waals surface area (Å²) in [5.74, 6) is -0.0399. The van der Waals surface area contributed by atoms with Crippen molar-refractivity contribution in [2.75, 3.05) is 23.7 Å². The molecule has 0 fully saturated rings. The third-order valence-corrected chi connectivity index (χ3v) is 3.90. The molecule has 0 unspecified atom stereocenters. The van der Waals surface area contributed by atoms with Crippen LogP contribution >= 0.6 is 0 Å². The van der Waals surface area contributed by atoms with Crippen LogP contribution in [0.15, 0.2) is 29.3 Å². The lowest BCUT2D eigenvalue weighted by atomic mass is 10.1. The number of hydrogen-bond donors (Lipinski definition) is 3. The number of fused-ring (bicyclic) bond motifs is 1. The van der Waals surface area contributed by atoms with Gasteiger partial charge in [-0.15, -0.1) is 0 Å². The molecule has 0 aliphatic rings. The summed E-state index contributed by atoms with van der Waals surface area (Å²) >= 11 is 0. The topological polar surface area (TPSA) is 101 Å². The average molecular weight is 395 g/mol. The highest BCUT2D eigenvalue weighted by atomic mass is 19.4. The van der Waals surface area contributed by atoms with Crippen molar-refractivity contribution in [3.05, 3.63) is 40.4 Å². The number of alkyl halides is 3. The second kappa shape index (κ2) is 7.13. The summed E-state index contributed by atoms with van der Waals surface area (Å²) in [6.45, 7) is 6.16. The van der Waals surface area contributed by atoms with Crippen LogP contribution in [0, 0.1) is 0 Å². The Hall–Kier alpha value is -3.11. The Balaban J connectivity index is 1.71. The zero-order valence-corrected chi connectivity index (χ0v) is 15.6. The average Bonchev–Trinajstić information content (AvgIpc) is 3.03. The highest BCUT2D eigenvalue weighted by Gasteiger charge is 2.33. The quantitative estimate of drug-likeness (QED) is 0.575. The number of H-pyrrole nitrogens is 1. The van der Waals surface area contributed by atoms with E-state index in [2.05, 4.69) is 30.7 Å². The normalized spacial score (nSPS) is 12.4. The highest BCUT2D eigenvalue weighted by molar-refractivity contribution is 5.74. The summed E-state index contributed by atoms with van der Waals surface area (Å²) in [6, 6.07) is 2.19. The molecular weight excluding hydrogens is 375 g/mol. The van der Waals surface area contributed by atoms with Gasteiger partial charge in [-0.2, -0.15) is 23.3 Å². The van der Waals surface area contributed by atoms with Crippen molar-refractivity contribution >= 4 is 22.8 Å². The van der Waals surface area contributed by atoms with Crippen LogP contribution in [-0.2, 0) is 11.7 Å². The Labute approximate surface area is 158 Å². The van der Waals surface area contributed by atoms with Crippen molar-refractivity contribution in [3.63, 3.8) is 0 Å². The molecule has 0 bridgehead atoms. The number of nitrogens with zero attached hydrogens (tertiary/aromatic N) is 4. The number of anilines is 2. The monoisotopic (exact) mass is 395 g/mol. The number of aromatic nitrogens is 5. The second-order valence-corrected chi connectivity index (χ2v) is 7.13. The van der Waals surface area contributed by atoms with E-state index >= 15 is 0 Å². The zero-order valence-electron chi connectivity index (χ0n) is 15.6. The molecule has 0 spiro atoms. The fourth-order valence-corrected chi connectivity index (χ4v) is 2.63. The van der Waals surface area contributed by atoms with Gasteiger partial charge in [-0.3, -0.25) is 9.78 Å². The molecule has 0 atom stereocenters. The molecule has 0 radical (unpaired) electrons. The summed E-state index contributed by atoms with van der Waals surface area (Å²) in [7, 11) is 0. The van der Waals surface area contributed by atoms with Gasteiger partial charge in [0.2, 0.25) is 5.95 Å². The minimum atomic E-state index is -4.49. The lowest BCUT2D eigenvalue weighted by Crippen LogP contribution is -2.25. The number of nitrogens with one attached hydrogen (secondary N) is 3. The number of pyridine rings is 1. The number of aromatic amines is 1. The fourth-order valence-electron chi connectivity index (χ4n) is 2.63. The van der Waals surface area contributed by atoms with Crippen molar-refractivity contribution in [1.82, 2.24) is 24.7 Å². The van der Waals surface area contributed by atoms with Crippen LogP contribution in [-0.4, -0.2) is 37.8 Å². The van der Waals surface area contributed by atoms with Crippen molar-refractivity contribution < 1.29 is 13.2 Å². The van der Waals surface area contributed by atoms with E-state index in [9.17, 15) is 18.0 Å². The van der Waals surface area contributed by atoms with Gasteiger partial charge in [-0.05, 0) is 32.9 Å². The molecule has 0 saturated carbocycles. The van der Waals surface area contributed by atoms with Gasteiger partial charge >= 0.3 is 6.18 Å². The maximum atomic E-state index is 13.0. The Morgan fingerprint density at radius 3 is 2.57 bits per heavy atom. The Morgan fingerprint density at radius 2 is 1.89 bits per heavy atom. The molecule has 0 aliphatic heterocycles. The van der Waals surface area contributed by atoms with E-state index in [1.54, 1.807) is 4.68 Å². The van der Waals surface area contributed by atoms with Gasteiger partial charge in [0.05, 0.1) is 17.3 Å². The first-order chi connectivity index (χ1) is 13.1. The standard InChI is InChI=1S/C17H20F3N7O/c1-16(2,3)27-13-10(9-24-27)14(28)26-15(25-13)23-8-7-22-12-11(17(18,19)20)5-4-6-21-12/h4-6,9H,7-8H2,1-3H3,(H,21,22)(H2,23,25,26,28). The van der Waals surface area contributed by atoms with Crippen LogP contribution in [0.4, 0.5) is 24.9 Å². The van der Waals surface area contributed by atoms with E-state index in [-0.39, 0.29) is 36.0 Å². The smallest absolute Gasteiger partial charge is 0.368 e. The van der Waals surface area contributed by atoms with Crippen LogP contribution in [0.25, 0.3) is 11.0 Å². The van der Waals surface area contributed by atoms with Crippen LogP contribution < -0.4 is 16.2 Å². The van der Waals surface area contributed by atoms with Crippen LogP contribution in [0.1, 0.15) is 26.3 Å². The van der Waals surface area contributed by atoms with Crippen LogP contribution in [0.3, 0.4) is 0 Å². The summed E-state index contributed by atoms with van der Waals surface area (Å²) in [4.78, 5) is 22.9. The molecule has 0 aromatic carbocycles. The molecular formula is C17H20F3N7O. The van der Waals surface area contributed by atoms with Crippen LogP contribution in [0.2, 0.25) is 0 Å². The van der Waals surface area contributed by atoms with Crippen molar-refractivity contribution in [3.8, 4) is 0 Å². The lowest BCUT2D eigenvalue weighted by molar-refractivity contribution is -0.137. The van der Waals surface area contributed by atoms with Gasteiger partial charge < -0.3 is 10.6 Å². The molecule has 3 aromatic rings. The van der Waals surface area contributed by atoms with Gasteiger partial charge in [-0.1, -0.05) is 0 Å². The SMILES string of the molecule is CC(C)(C)n1ncc2c(=O)[nH]c(NCCNc3ncccc3C(F)(F)F)nc21. The maximum absolute atomic E-state index is 13.0. The van der Waals surface area contributed by atoms with Crippen molar-refractivity contribution in [1.29, 1.82) is 0 Å². The second-order valence-electron chi connectivity index (χ2n) is 7.13. The van der Waals surface area contributed by atoms with Gasteiger partial charge in [-0.25, -0.2) is 9.67 Å². The predicted octanol–water partition coefficient (Wildman–Crippen LogP) is 2.81. The van der Waals surface area contributed by atoms with Crippen molar-refractivity contribution in [2.24, 2.45) is 0 Å². The Kier molecular flexibility index (Phi) is 5.01. The molecule has 3 N–H and O–H groups in total. The first-order valence-electron chi connectivity index (χ1n) is 8.56. The fraction of sp³-hybridized carbons (Fsp3) is 0.412. The maximum Gasteiger partial charge on any atom is 0.419 e. The summed E-state index contributed by atoms with van der Waals surface area (Å²) in [5.41, 5.74) is -1.12. The zero-order chi connectivity index (χ0) is 20.5. The van der Waals surface area contributed by atoms with Crippen molar-refractivity contribution in [2.45, 2.75) is 32.5 Å². The molecule has 3 aromatic heterocycles. The van der Waals surface area contributed by atoms with Gasteiger partial charge in [0, 0.05) is 19.3 Å². The third kappa shape index (κ3) is 4.07.